The summed E-state index contributed by atoms with van der Waals surface area (Å²) in [4.78, 5) is 22.6. The van der Waals surface area contributed by atoms with Gasteiger partial charge in [0, 0.05) is 48.1 Å². The van der Waals surface area contributed by atoms with Gasteiger partial charge in [-0.25, -0.2) is 4.98 Å². The van der Waals surface area contributed by atoms with Gasteiger partial charge in [-0.2, -0.15) is 9.61 Å². The zero-order chi connectivity index (χ0) is 18.4. The fraction of sp³-hybridized carbons (Fsp3) is 0.300. The third-order valence-electron chi connectivity index (χ3n) is 5.39. The Balaban J connectivity index is 1.60. The zero-order valence-electron chi connectivity index (χ0n) is 14.9. The van der Waals surface area contributed by atoms with Crippen molar-refractivity contribution < 1.29 is 4.79 Å². The molecular formula is C20H20N6O. The second kappa shape index (κ2) is 6.19. The first-order valence-corrected chi connectivity index (χ1v) is 9.23. The number of carbonyl (C=O) groups excluding carboxylic acids is 1. The summed E-state index contributed by atoms with van der Waals surface area (Å²) in [5.74, 6) is 1.38. The lowest BCUT2D eigenvalue weighted by atomic mass is 10.00. The maximum Gasteiger partial charge on any atom is 0.167 e. The van der Waals surface area contributed by atoms with Crippen LogP contribution in [0.1, 0.15) is 24.1 Å². The summed E-state index contributed by atoms with van der Waals surface area (Å²) in [6, 6.07) is 3.96. The van der Waals surface area contributed by atoms with Crippen molar-refractivity contribution >= 4 is 29.6 Å². The van der Waals surface area contributed by atoms with E-state index in [4.69, 9.17) is 10.7 Å². The van der Waals surface area contributed by atoms with Crippen molar-refractivity contribution in [1.29, 1.82) is 0 Å². The van der Waals surface area contributed by atoms with Crippen LogP contribution in [0, 0.1) is 5.92 Å². The van der Waals surface area contributed by atoms with Crippen molar-refractivity contribution in [3.63, 3.8) is 0 Å². The molecule has 0 saturated carbocycles. The number of aryl methyl sites for hydroxylation is 1. The van der Waals surface area contributed by atoms with Gasteiger partial charge in [0.1, 0.15) is 17.9 Å². The fourth-order valence-corrected chi connectivity index (χ4v) is 3.89. The first-order chi connectivity index (χ1) is 13.2. The predicted molar refractivity (Wildman–Crippen MR) is 104 cm³/mol. The average molecular weight is 360 g/mol. The van der Waals surface area contributed by atoms with Crippen molar-refractivity contribution in [3.05, 3.63) is 41.9 Å². The van der Waals surface area contributed by atoms with Crippen molar-refractivity contribution in [2.75, 3.05) is 23.7 Å². The third-order valence-corrected chi connectivity index (χ3v) is 5.39. The Morgan fingerprint density at radius 1 is 1.26 bits per heavy atom. The van der Waals surface area contributed by atoms with Gasteiger partial charge in [-0.1, -0.05) is 12.2 Å². The van der Waals surface area contributed by atoms with E-state index >= 15 is 0 Å². The molecule has 2 N–H and O–H groups in total. The molecule has 2 aliphatic rings. The number of hydrogen-bond acceptors (Lipinski definition) is 6. The smallest absolute Gasteiger partial charge is 0.167 e. The Kier molecular flexibility index (Phi) is 3.67. The van der Waals surface area contributed by atoms with Gasteiger partial charge < -0.3 is 15.4 Å². The Hall–Kier alpha value is -3.22. The molecule has 0 bridgehead atoms. The fourth-order valence-electron chi connectivity index (χ4n) is 3.89. The van der Waals surface area contributed by atoms with E-state index in [1.54, 1.807) is 10.7 Å². The quantitative estimate of drug-likeness (QED) is 0.721. The van der Waals surface area contributed by atoms with Gasteiger partial charge in [-0.15, -0.1) is 0 Å². The lowest BCUT2D eigenvalue weighted by Crippen LogP contribution is -2.22. The Morgan fingerprint density at radius 2 is 2.19 bits per heavy atom. The first-order valence-electron chi connectivity index (χ1n) is 9.23. The van der Waals surface area contributed by atoms with Crippen LogP contribution in [0.3, 0.4) is 0 Å². The number of aldehydes is 1. The highest BCUT2D eigenvalue weighted by Gasteiger charge is 2.24. The summed E-state index contributed by atoms with van der Waals surface area (Å²) in [6.45, 7) is 1.49. The molecule has 136 valence electrons. The van der Waals surface area contributed by atoms with Crippen LogP contribution in [-0.2, 0) is 11.2 Å². The van der Waals surface area contributed by atoms with E-state index in [0.717, 1.165) is 60.3 Å². The molecule has 7 nitrogen and oxygen atoms in total. The number of fused-ring (bicyclic) bond motifs is 2. The molecule has 1 aliphatic heterocycles. The Bertz CT molecular complexity index is 1070. The van der Waals surface area contributed by atoms with Crippen molar-refractivity contribution in [2.24, 2.45) is 5.92 Å². The summed E-state index contributed by atoms with van der Waals surface area (Å²) in [5.41, 5.74) is 11.1. The number of anilines is 2. The standard InChI is InChI=1S/C20H20N6O/c21-18-8-19(25-6-5-13(11-25)12-27)24-20-16(10-23-26(18)20)15-7-14-3-1-2-4-17(14)22-9-15/h1,3,7-10,12-13H,2,4-6,11,21H2. The maximum absolute atomic E-state index is 11.1. The molecule has 0 spiro atoms. The lowest BCUT2D eigenvalue weighted by molar-refractivity contribution is -0.110. The Morgan fingerprint density at radius 3 is 3.04 bits per heavy atom. The average Bonchev–Trinajstić information content (AvgIpc) is 3.35. The van der Waals surface area contributed by atoms with E-state index in [1.807, 2.05) is 12.3 Å². The SMILES string of the molecule is Nc1cc(N2CCC(C=O)C2)nc2c(-c3cnc4c(c3)C=CCC4)cnn12. The number of nitrogens with two attached hydrogens (primary N) is 1. The molecule has 3 aromatic heterocycles. The topological polar surface area (TPSA) is 89.4 Å². The molecule has 0 radical (unpaired) electrons. The number of hydrogen-bond donors (Lipinski definition) is 1. The zero-order valence-corrected chi connectivity index (χ0v) is 14.9. The van der Waals surface area contributed by atoms with Crippen LogP contribution < -0.4 is 10.6 Å². The van der Waals surface area contributed by atoms with Gasteiger partial charge in [-0.3, -0.25) is 4.98 Å². The van der Waals surface area contributed by atoms with Gasteiger partial charge in [0.25, 0.3) is 0 Å². The monoisotopic (exact) mass is 360 g/mol. The van der Waals surface area contributed by atoms with Gasteiger partial charge >= 0.3 is 0 Å². The summed E-state index contributed by atoms with van der Waals surface area (Å²) in [7, 11) is 0. The minimum absolute atomic E-state index is 0.0604. The van der Waals surface area contributed by atoms with Crippen LogP contribution in [0.15, 0.2) is 30.6 Å². The largest absolute Gasteiger partial charge is 0.383 e. The van der Waals surface area contributed by atoms with E-state index in [0.29, 0.717) is 18.0 Å². The van der Waals surface area contributed by atoms with Gasteiger partial charge in [0.15, 0.2) is 5.65 Å². The molecule has 1 fully saturated rings. The van der Waals surface area contributed by atoms with Crippen LogP contribution in [-0.4, -0.2) is 39.0 Å². The summed E-state index contributed by atoms with van der Waals surface area (Å²) in [5, 5.41) is 4.41. The highest BCUT2D eigenvalue weighted by atomic mass is 16.1. The van der Waals surface area contributed by atoms with E-state index in [-0.39, 0.29) is 5.92 Å². The van der Waals surface area contributed by atoms with Gasteiger partial charge in [-0.05, 0) is 30.9 Å². The third kappa shape index (κ3) is 2.66. The normalized spacial score (nSPS) is 18.8. The molecule has 4 heterocycles. The molecule has 1 aliphatic carbocycles. The molecule has 3 aromatic rings. The lowest BCUT2D eigenvalue weighted by Gasteiger charge is -2.17. The van der Waals surface area contributed by atoms with Crippen LogP contribution in [0.5, 0.6) is 0 Å². The molecule has 0 amide bonds. The Labute approximate surface area is 156 Å². The molecule has 27 heavy (non-hydrogen) atoms. The van der Waals surface area contributed by atoms with Crippen molar-refractivity contribution in [3.8, 4) is 11.1 Å². The van der Waals surface area contributed by atoms with E-state index in [9.17, 15) is 4.79 Å². The number of pyridine rings is 1. The van der Waals surface area contributed by atoms with E-state index in [2.05, 4.69) is 33.2 Å². The minimum atomic E-state index is 0.0604. The molecule has 5 rings (SSSR count). The second-order valence-electron chi connectivity index (χ2n) is 7.16. The van der Waals surface area contributed by atoms with Crippen LogP contribution in [0.2, 0.25) is 0 Å². The summed E-state index contributed by atoms with van der Waals surface area (Å²) >= 11 is 0. The highest BCUT2D eigenvalue weighted by Crippen LogP contribution is 2.30. The molecule has 7 heteroatoms. The van der Waals surface area contributed by atoms with Crippen molar-refractivity contribution in [1.82, 2.24) is 19.6 Å². The number of aromatic nitrogens is 4. The minimum Gasteiger partial charge on any atom is -0.383 e. The van der Waals surface area contributed by atoms with Crippen LogP contribution in [0.25, 0.3) is 22.9 Å². The number of nitrogens with zero attached hydrogens (tertiary/aromatic N) is 5. The summed E-state index contributed by atoms with van der Waals surface area (Å²) < 4.78 is 1.65. The molecular weight excluding hydrogens is 340 g/mol. The van der Waals surface area contributed by atoms with Crippen LogP contribution >= 0.6 is 0 Å². The van der Waals surface area contributed by atoms with E-state index in [1.165, 1.54) is 0 Å². The van der Waals surface area contributed by atoms with Gasteiger partial charge in [0.05, 0.1) is 6.20 Å². The maximum atomic E-state index is 11.1. The number of carbonyl (C=O) groups is 1. The molecule has 1 saturated heterocycles. The van der Waals surface area contributed by atoms with Gasteiger partial charge in [0.2, 0.25) is 0 Å². The van der Waals surface area contributed by atoms with E-state index < -0.39 is 0 Å². The number of nitrogen functional groups attached to an aromatic ring is 1. The second-order valence-corrected chi connectivity index (χ2v) is 7.16. The molecule has 0 aromatic carbocycles. The first kappa shape index (κ1) is 16.0. The summed E-state index contributed by atoms with van der Waals surface area (Å²) in [6.07, 6.45) is 11.9. The molecule has 1 atom stereocenters. The predicted octanol–water partition coefficient (Wildman–Crippen LogP) is 2.36. The number of rotatable bonds is 3. The molecule has 1 unspecified atom stereocenters. The number of allylic oxidation sites excluding steroid dienone is 1. The van der Waals surface area contributed by atoms with Crippen LogP contribution in [0.4, 0.5) is 11.6 Å². The highest BCUT2D eigenvalue weighted by molar-refractivity contribution is 5.80. The van der Waals surface area contributed by atoms with Crippen molar-refractivity contribution in [2.45, 2.75) is 19.3 Å².